The van der Waals surface area contributed by atoms with Crippen molar-refractivity contribution in [3.05, 3.63) is 24.3 Å². The Bertz CT molecular complexity index is 671. The van der Waals surface area contributed by atoms with Crippen molar-refractivity contribution in [3.63, 3.8) is 0 Å². The molecule has 44 heavy (non-hydrogen) atoms. The highest BCUT2D eigenvalue weighted by Gasteiger charge is 2.16. The smallest absolute Gasteiger partial charge is 0.306 e. The Morgan fingerprint density at radius 2 is 0.864 bits per heavy atom. The van der Waals surface area contributed by atoms with E-state index < -0.39 is 6.10 Å². The number of aliphatic hydroxyl groups is 1. The lowest BCUT2D eigenvalue weighted by molar-refractivity contribution is -0.161. The number of carbonyl (C=O) groups excluding carboxylic acids is 2. The first-order valence-electron chi connectivity index (χ1n) is 18.9. The van der Waals surface area contributed by atoms with E-state index in [0.717, 1.165) is 44.9 Å². The summed E-state index contributed by atoms with van der Waals surface area (Å²) in [4.78, 5) is 24.2. The van der Waals surface area contributed by atoms with Crippen LogP contribution in [-0.2, 0) is 19.1 Å². The maximum atomic E-state index is 12.1. The van der Waals surface area contributed by atoms with Gasteiger partial charge in [-0.05, 0) is 57.8 Å². The first-order valence-corrected chi connectivity index (χ1v) is 18.9. The highest BCUT2D eigenvalue weighted by molar-refractivity contribution is 5.70. The lowest BCUT2D eigenvalue weighted by Gasteiger charge is -2.15. The van der Waals surface area contributed by atoms with E-state index in [0.29, 0.717) is 12.8 Å². The standard InChI is InChI=1S/C39H72O5/c1-3-5-7-9-11-13-15-16-17-18-19-20-21-22-24-26-28-30-32-34-39(42)44-37(35-40)36-43-38(41)33-31-29-27-25-23-14-12-10-8-6-4-2/h10,12,16-17,37,40H,3-9,11,13-15,18-36H2,1-2H3/b12-10+,17-16+/t37-/m0/s1. The first kappa shape index (κ1) is 42.4. The first-order chi connectivity index (χ1) is 21.6. The Kier molecular flexibility index (Phi) is 34.5. The molecule has 0 heterocycles. The maximum absolute atomic E-state index is 12.1. The third-order valence-corrected chi connectivity index (χ3v) is 8.22. The number of esters is 2. The molecule has 258 valence electrons. The van der Waals surface area contributed by atoms with Crippen molar-refractivity contribution in [2.75, 3.05) is 13.2 Å². The van der Waals surface area contributed by atoms with Crippen molar-refractivity contribution in [1.82, 2.24) is 0 Å². The van der Waals surface area contributed by atoms with E-state index >= 15 is 0 Å². The van der Waals surface area contributed by atoms with Crippen LogP contribution in [0.3, 0.4) is 0 Å². The fourth-order valence-corrected chi connectivity index (χ4v) is 5.29. The van der Waals surface area contributed by atoms with Gasteiger partial charge in [-0.3, -0.25) is 9.59 Å². The third kappa shape index (κ3) is 33.3. The van der Waals surface area contributed by atoms with Crippen molar-refractivity contribution in [2.45, 2.75) is 200 Å². The van der Waals surface area contributed by atoms with Gasteiger partial charge in [0.1, 0.15) is 6.61 Å². The van der Waals surface area contributed by atoms with Gasteiger partial charge < -0.3 is 14.6 Å². The molecule has 0 rings (SSSR count). The van der Waals surface area contributed by atoms with Gasteiger partial charge in [0.25, 0.3) is 0 Å². The second-order valence-corrected chi connectivity index (χ2v) is 12.6. The van der Waals surface area contributed by atoms with Gasteiger partial charge in [-0.25, -0.2) is 0 Å². The Balaban J connectivity index is 3.53. The molecule has 0 aliphatic carbocycles. The van der Waals surface area contributed by atoms with E-state index in [2.05, 4.69) is 38.2 Å². The van der Waals surface area contributed by atoms with Crippen molar-refractivity contribution in [3.8, 4) is 0 Å². The van der Waals surface area contributed by atoms with Gasteiger partial charge in [-0.2, -0.15) is 0 Å². The summed E-state index contributed by atoms with van der Waals surface area (Å²) in [6.45, 7) is 4.08. The second kappa shape index (κ2) is 35.9. The normalized spacial score (nSPS) is 12.3. The summed E-state index contributed by atoms with van der Waals surface area (Å²) in [7, 11) is 0. The molecule has 0 amide bonds. The maximum Gasteiger partial charge on any atom is 0.306 e. The van der Waals surface area contributed by atoms with Crippen LogP contribution in [0.4, 0.5) is 0 Å². The van der Waals surface area contributed by atoms with Crippen LogP contribution >= 0.6 is 0 Å². The Morgan fingerprint density at radius 1 is 0.500 bits per heavy atom. The number of hydrogen-bond donors (Lipinski definition) is 1. The highest BCUT2D eigenvalue weighted by atomic mass is 16.6. The minimum absolute atomic E-state index is 0.0685. The molecule has 0 aromatic rings. The topological polar surface area (TPSA) is 72.8 Å². The molecule has 0 aliphatic heterocycles. The second-order valence-electron chi connectivity index (χ2n) is 12.6. The molecule has 0 fully saturated rings. The summed E-state index contributed by atoms with van der Waals surface area (Å²) in [6, 6.07) is 0. The molecule has 0 spiro atoms. The largest absolute Gasteiger partial charge is 0.462 e. The Morgan fingerprint density at radius 3 is 1.30 bits per heavy atom. The average Bonchev–Trinajstić information content (AvgIpc) is 3.02. The van der Waals surface area contributed by atoms with Gasteiger partial charge in [0.15, 0.2) is 6.10 Å². The van der Waals surface area contributed by atoms with E-state index in [1.807, 2.05) is 0 Å². The summed E-state index contributed by atoms with van der Waals surface area (Å²) in [5.41, 5.74) is 0. The fraction of sp³-hybridized carbons (Fsp3) is 0.846. The Hall–Kier alpha value is -1.62. The van der Waals surface area contributed by atoms with Crippen LogP contribution in [-0.4, -0.2) is 36.4 Å². The van der Waals surface area contributed by atoms with Gasteiger partial charge >= 0.3 is 11.9 Å². The number of carbonyl (C=O) groups is 2. The minimum atomic E-state index is -0.771. The number of unbranched alkanes of at least 4 members (excludes halogenated alkanes) is 22. The van der Waals surface area contributed by atoms with Crippen LogP contribution in [0, 0.1) is 0 Å². The summed E-state index contributed by atoms with van der Waals surface area (Å²) in [5, 5.41) is 9.52. The molecule has 1 atom stereocenters. The zero-order valence-electron chi connectivity index (χ0n) is 29.2. The monoisotopic (exact) mass is 621 g/mol. The average molecular weight is 621 g/mol. The van der Waals surface area contributed by atoms with Gasteiger partial charge in [0, 0.05) is 12.8 Å². The zero-order chi connectivity index (χ0) is 32.2. The summed E-state index contributed by atoms with van der Waals surface area (Å²) in [6.07, 6.45) is 40.9. The van der Waals surface area contributed by atoms with Crippen LogP contribution < -0.4 is 0 Å². The van der Waals surface area contributed by atoms with E-state index in [4.69, 9.17) is 9.47 Å². The van der Waals surface area contributed by atoms with Crippen molar-refractivity contribution in [1.29, 1.82) is 0 Å². The Labute approximate surface area is 273 Å². The predicted molar refractivity (Wildman–Crippen MR) is 187 cm³/mol. The molecule has 0 saturated heterocycles. The van der Waals surface area contributed by atoms with Crippen molar-refractivity contribution < 1.29 is 24.2 Å². The van der Waals surface area contributed by atoms with E-state index in [1.165, 1.54) is 122 Å². The van der Waals surface area contributed by atoms with Crippen LogP contribution in [0.25, 0.3) is 0 Å². The molecule has 5 heteroatoms. The molecular formula is C39H72O5. The van der Waals surface area contributed by atoms with E-state index in [1.54, 1.807) is 0 Å². The molecule has 0 radical (unpaired) electrons. The van der Waals surface area contributed by atoms with Crippen LogP contribution in [0.5, 0.6) is 0 Å². The van der Waals surface area contributed by atoms with Crippen LogP contribution in [0.15, 0.2) is 24.3 Å². The molecule has 0 unspecified atom stereocenters. The lowest BCUT2D eigenvalue weighted by atomic mass is 10.1. The number of aliphatic hydroxyl groups excluding tert-OH is 1. The number of rotatable bonds is 34. The summed E-state index contributed by atoms with van der Waals surface area (Å²) < 4.78 is 10.6. The molecule has 0 saturated carbocycles. The number of hydrogen-bond acceptors (Lipinski definition) is 5. The summed E-state index contributed by atoms with van der Waals surface area (Å²) in [5.74, 6) is -0.602. The predicted octanol–water partition coefficient (Wildman–Crippen LogP) is 11.5. The van der Waals surface area contributed by atoms with Crippen LogP contribution in [0.2, 0.25) is 0 Å². The number of ether oxygens (including phenoxy) is 2. The molecule has 0 aromatic heterocycles. The van der Waals surface area contributed by atoms with Gasteiger partial charge in [-0.15, -0.1) is 0 Å². The zero-order valence-corrected chi connectivity index (χ0v) is 29.2. The van der Waals surface area contributed by atoms with Gasteiger partial charge in [-0.1, -0.05) is 147 Å². The number of allylic oxidation sites excluding steroid dienone is 4. The van der Waals surface area contributed by atoms with Gasteiger partial charge in [0.05, 0.1) is 6.61 Å². The molecule has 5 nitrogen and oxygen atoms in total. The molecule has 1 N–H and O–H groups in total. The highest BCUT2D eigenvalue weighted by Crippen LogP contribution is 2.13. The van der Waals surface area contributed by atoms with Crippen molar-refractivity contribution >= 4 is 11.9 Å². The van der Waals surface area contributed by atoms with Crippen molar-refractivity contribution in [2.24, 2.45) is 0 Å². The molecule has 0 aromatic carbocycles. The lowest BCUT2D eigenvalue weighted by Crippen LogP contribution is -2.28. The summed E-state index contributed by atoms with van der Waals surface area (Å²) >= 11 is 0. The van der Waals surface area contributed by atoms with Gasteiger partial charge in [0.2, 0.25) is 0 Å². The SMILES string of the molecule is CCCC/C=C/CCCCCCCC(=O)OC[C@H](CO)OC(=O)CCCCCCCCCCC/C=C/CCCCCCCC. The quantitative estimate of drug-likeness (QED) is 0.0440. The fourth-order valence-electron chi connectivity index (χ4n) is 5.29. The molecule has 0 aliphatic rings. The van der Waals surface area contributed by atoms with Crippen LogP contribution in [0.1, 0.15) is 194 Å². The molecular weight excluding hydrogens is 548 g/mol. The van der Waals surface area contributed by atoms with E-state index in [9.17, 15) is 14.7 Å². The minimum Gasteiger partial charge on any atom is -0.462 e. The third-order valence-electron chi connectivity index (χ3n) is 8.22. The molecule has 0 bridgehead atoms. The van der Waals surface area contributed by atoms with E-state index in [-0.39, 0.29) is 25.2 Å².